The van der Waals surface area contributed by atoms with E-state index in [1.165, 1.54) is 5.56 Å². The van der Waals surface area contributed by atoms with Crippen LogP contribution in [0.15, 0.2) is 66.9 Å². The summed E-state index contributed by atoms with van der Waals surface area (Å²) in [6.07, 6.45) is 1.82. The van der Waals surface area contributed by atoms with Gasteiger partial charge in [-0.05, 0) is 48.0 Å². The average Bonchev–Trinajstić information content (AvgIpc) is 2.69. The number of halogens is 1. The standard InChI is InChI=1S/C21H21ClN2O2/c1-25-21-12-17(13-23-14-19-4-2-3-11-24-19)7-10-20(21)26-15-16-5-8-18(22)9-6-16/h2-12,23H,13-15H2,1H3/p+1. The highest BCUT2D eigenvalue weighted by atomic mass is 35.5. The average molecular weight is 370 g/mol. The van der Waals surface area contributed by atoms with Gasteiger partial charge in [0.25, 0.3) is 0 Å². The summed E-state index contributed by atoms with van der Waals surface area (Å²) in [4.78, 5) is 4.33. The molecule has 1 heterocycles. The van der Waals surface area contributed by atoms with Crippen LogP contribution in [0.3, 0.4) is 0 Å². The Hall–Kier alpha value is -2.56. The van der Waals surface area contributed by atoms with Crippen molar-refractivity contribution < 1.29 is 14.8 Å². The fraction of sp³-hybridized carbons (Fsp3) is 0.190. The van der Waals surface area contributed by atoms with Crippen molar-refractivity contribution >= 4 is 11.6 Å². The number of quaternary nitrogens is 1. The summed E-state index contributed by atoms with van der Waals surface area (Å²) in [6.45, 7) is 2.17. The number of hydrogen-bond donors (Lipinski definition) is 1. The number of methoxy groups -OCH3 is 1. The zero-order valence-electron chi connectivity index (χ0n) is 14.7. The second-order valence-electron chi connectivity index (χ2n) is 5.92. The van der Waals surface area contributed by atoms with E-state index in [2.05, 4.69) is 16.4 Å². The fourth-order valence-electron chi connectivity index (χ4n) is 2.61. The third kappa shape index (κ3) is 5.22. The highest BCUT2D eigenvalue weighted by Crippen LogP contribution is 2.28. The van der Waals surface area contributed by atoms with E-state index in [0.717, 1.165) is 40.9 Å². The largest absolute Gasteiger partial charge is 0.493 e. The number of hydrogen-bond acceptors (Lipinski definition) is 3. The van der Waals surface area contributed by atoms with Crippen molar-refractivity contribution in [2.75, 3.05) is 7.11 Å². The molecule has 3 aromatic rings. The first-order valence-electron chi connectivity index (χ1n) is 8.50. The van der Waals surface area contributed by atoms with Crippen molar-refractivity contribution in [2.45, 2.75) is 19.7 Å². The Morgan fingerprint density at radius 1 is 0.923 bits per heavy atom. The molecule has 0 unspecified atom stereocenters. The zero-order chi connectivity index (χ0) is 18.2. The van der Waals surface area contributed by atoms with Crippen LogP contribution in [-0.4, -0.2) is 12.1 Å². The maximum Gasteiger partial charge on any atom is 0.161 e. The lowest BCUT2D eigenvalue weighted by molar-refractivity contribution is -0.686. The van der Waals surface area contributed by atoms with Crippen molar-refractivity contribution in [2.24, 2.45) is 0 Å². The van der Waals surface area contributed by atoms with Crippen LogP contribution in [0.1, 0.15) is 16.8 Å². The molecule has 0 bridgehead atoms. The first-order valence-corrected chi connectivity index (χ1v) is 8.88. The summed E-state index contributed by atoms with van der Waals surface area (Å²) >= 11 is 5.91. The second kappa shape index (κ2) is 9.22. The Kier molecular flexibility index (Phi) is 6.47. The Bertz CT molecular complexity index is 823. The molecule has 2 aromatic carbocycles. The summed E-state index contributed by atoms with van der Waals surface area (Å²) in [5.74, 6) is 1.47. The minimum Gasteiger partial charge on any atom is -0.493 e. The van der Waals surface area contributed by atoms with Gasteiger partial charge in [0.2, 0.25) is 0 Å². The molecular weight excluding hydrogens is 348 g/mol. The van der Waals surface area contributed by atoms with Gasteiger partial charge >= 0.3 is 0 Å². The molecule has 0 spiro atoms. The lowest BCUT2D eigenvalue weighted by Crippen LogP contribution is -2.80. The van der Waals surface area contributed by atoms with Gasteiger partial charge in [0.05, 0.1) is 12.8 Å². The van der Waals surface area contributed by atoms with Gasteiger partial charge in [0, 0.05) is 16.8 Å². The molecule has 0 saturated heterocycles. The summed E-state index contributed by atoms with van der Waals surface area (Å²) in [6, 6.07) is 19.6. The van der Waals surface area contributed by atoms with Crippen LogP contribution in [0.25, 0.3) is 0 Å². The molecule has 0 atom stereocenters. The molecule has 0 aliphatic carbocycles. The first kappa shape index (κ1) is 18.2. The van der Waals surface area contributed by atoms with E-state index >= 15 is 0 Å². The van der Waals surface area contributed by atoms with Gasteiger partial charge in [-0.15, -0.1) is 0 Å². The molecule has 2 N–H and O–H groups in total. The Morgan fingerprint density at radius 2 is 1.73 bits per heavy atom. The third-order valence-electron chi connectivity index (χ3n) is 4.00. The lowest BCUT2D eigenvalue weighted by Gasteiger charge is -2.12. The Balaban J connectivity index is 1.57. The molecule has 4 nitrogen and oxygen atoms in total. The van der Waals surface area contributed by atoms with E-state index in [1.807, 2.05) is 60.8 Å². The van der Waals surface area contributed by atoms with Gasteiger partial charge in [-0.2, -0.15) is 0 Å². The second-order valence-corrected chi connectivity index (χ2v) is 6.35. The van der Waals surface area contributed by atoms with Gasteiger partial charge in [0.1, 0.15) is 19.7 Å². The first-order chi connectivity index (χ1) is 12.7. The van der Waals surface area contributed by atoms with Crippen molar-refractivity contribution in [1.82, 2.24) is 4.98 Å². The number of aromatic nitrogens is 1. The fourth-order valence-corrected chi connectivity index (χ4v) is 2.73. The molecule has 0 aliphatic heterocycles. The monoisotopic (exact) mass is 369 g/mol. The molecule has 0 fully saturated rings. The molecule has 1 aromatic heterocycles. The zero-order valence-corrected chi connectivity index (χ0v) is 15.4. The highest BCUT2D eigenvalue weighted by Gasteiger charge is 2.08. The number of nitrogens with two attached hydrogens (primary N) is 1. The molecule has 26 heavy (non-hydrogen) atoms. The third-order valence-corrected chi connectivity index (χ3v) is 4.25. The molecule has 0 saturated carbocycles. The molecule has 0 radical (unpaired) electrons. The van der Waals surface area contributed by atoms with Gasteiger partial charge in [0.15, 0.2) is 11.5 Å². The van der Waals surface area contributed by atoms with Crippen molar-refractivity contribution in [3.8, 4) is 11.5 Å². The van der Waals surface area contributed by atoms with E-state index in [0.29, 0.717) is 6.61 Å². The van der Waals surface area contributed by atoms with Crippen LogP contribution in [0.2, 0.25) is 5.02 Å². The van der Waals surface area contributed by atoms with E-state index in [9.17, 15) is 0 Å². The predicted octanol–water partition coefficient (Wildman–Crippen LogP) is 3.59. The smallest absolute Gasteiger partial charge is 0.161 e. The molecule has 0 amide bonds. The van der Waals surface area contributed by atoms with Crippen LogP contribution >= 0.6 is 11.6 Å². The van der Waals surface area contributed by atoms with E-state index in [4.69, 9.17) is 21.1 Å². The van der Waals surface area contributed by atoms with Crippen LogP contribution < -0.4 is 14.8 Å². The number of rotatable bonds is 8. The number of nitrogens with zero attached hydrogens (tertiary/aromatic N) is 1. The van der Waals surface area contributed by atoms with E-state index in [1.54, 1.807) is 7.11 Å². The summed E-state index contributed by atoms with van der Waals surface area (Å²) in [5, 5.41) is 2.93. The number of ether oxygens (including phenoxy) is 2. The SMILES string of the molecule is COc1cc(C[NH2+]Cc2ccccn2)ccc1OCc1ccc(Cl)cc1. The van der Waals surface area contributed by atoms with Gasteiger partial charge in [-0.3, -0.25) is 4.98 Å². The summed E-state index contributed by atoms with van der Waals surface area (Å²) < 4.78 is 11.4. The van der Waals surface area contributed by atoms with Crippen LogP contribution in [0.5, 0.6) is 11.5 Å². The molecule has 134 valence electrons. The normalized spacial score (nSPS) is 10.5. The molecule has 5 heteroatoms. The number of benzene rings is 2. The minimum absolute atomic E-state index is 0.471. The quantitative estimate of drug-likeness (QED) is 0.660. The predicted molar refractivity (Wildman–Crippen MR) is 102 cm³/mol. The van der Waals surface area contributed by atoms with Gasteiger partial charge < -0.3 is 14.8 Å². The Morgan fingerprint density at radius 3 is 2.46 bits per heavy atom. The van der Waals surface area contributed by atoms with Crippen molar-refractivity contribution in [3.05, 3.63) is 88.7 Å². The van der Waals surface area contributed by atoms with Gasteiger partial charge in [-0.1, -0.05) is 29.8 Å². The molecular formula is C21H22ClN2O2+. The van der Waals surface area contributed by atoms with Gasteiger partial charge in [-0.25, -0.2) is 0 Å². The van der Waals surface area contributed by atoms with E-state index < -0.39 is 0 Å². The van der Waals surface area contributed by atoms with Crippen molar-refractivity contribution in [1.29, 1.82) is 0 Å². The van der Waals surface area contributed by atoms with Crippen molar-refractivity contribution in [3.63, 3.8) is 0 Å². The topological polar surface area (TPSA) is 48.0 Å². The maximum absolute atomic E-state index is 5.91. The summed E-state index contributed by atoms with van der Waals surface area (Å²) in [7, 11) is 1.66. The van der Waals surface area contributed by atoms with Crippen LogP contribution in [0.4, 0.5) is 0 Å². The maximum atomic E-state index is 5.91. The number of pyridine rings is 1. The lowest BCUT2D eigenvalue weighted by atomic mass is 10.2. The molecule has 3 rings (SSSR count). The van der Waals surface area contributed by atoms with Crippen LogP contribution in [-0.2, 0) is 19.7 Å². The Labute approximate surface area is 158 Å². The minimum atomic E-state index is 0.471. The summed E-state index contributed by atoms with van der Waals surface area (Å²) in [5.41, 5.74) is 3.31. The highest BCUT2D eigenvalue weighted by molar-refractivity contribution is 6.30. The van der Waals surface area contributed by atoms with Crippen LogP contribution in [0, 0.1) is 0 Å². The van der Waals surface area contributed by atoms with E-state index in [-0.39, 0.29) is 0 Å². The molecule has 0 aliphatic rings.